The number of carboxylic acids is 1. The molecule has 0 saturated carbocycles. The predicted octanol–water partition coefficient (Wildman–Crippen LogP) is -0.290. The van der Waals surface area contributed by atoms with Crippen molar-refractivity contribution >= 4 is 16.9 Å². The van der Waals surface area contributed by atoms with Gasteiger partial charge in [0.15, 0.2) is 0 Å². The minimum atomic E-state index is -1.11. The zero-order chi connectivity index (χ0) is 12.5. The van der Waals surface area contributed by atoms with E-state index in [9.17, 15) is 9.90 Å². The van der Waals surface area contributed by atoms with Crippen LogP contribution in [0.2, 0.25) is 0 Å². The molecule has 0 spiro atoms. The van der Waals surface area contributed by atoms with Gasteiger partial charge in [-0.2, -0.15) is 0 Å². The molecule has 1 aromatic heterocycles. The van der Waals surface area contributed by atoms with Gasteiger partial charge in [-0.15, -0.1) is 0 Å². The van der Waals surface area contributed by atoms with Gasteiger partial charge in [0.05, 0.1) is 19.1 Å². The summed E-state index contributed by atoms with van der Waals surface area (Å²) in [4.78, 5) is 15.7. The van der Waals surface area contributed by atoms with E-state index in [1.54, 1.807) is 17.0 Å². The Morgan fingerprint density at radius 1 is 1.33 bits per heavy atom. The van der Waals surface area contributed by atoms with Crippen LogP contribution in [0.4, 0.5) is 0 Å². The van der Waals surface area contributed by atoms with Crippen LogP contribution >= 0.6 is 0 Å². The van der Waals surface area contributed by atoms with Gasteiger partial charge in [-0.3, -0.25) is 0 Å². The van der Waals surface area contributed by atoms with E-state index in [0.717, 1.165) is 17.4 Å². The van der Waals surface area contributed by atoms with E-state index in [1.807, 2.05) is 12.3 Å². The molecule has 0 atom stereocenters. The zero-order valence-corrected chi connectivity index (χ0v) is 10.2. The molecule has 2 aromatic rings. The molecule has 0 unspecified atom stereocenters. The maximum Gasteiger partial charge on any atom is 0.105 e. The second-order valence-electron chi connectivity index (χ2n) is 5.00. The molecule has 1 saturated heterocycles. The Labute approximate surface area is 105 Å². The number of quaternary nitrogens is 1. The number of nitrogens with one attached hydrogen (secondary N) is 2. The van der Waals surface area contributed by atoms with Gasteiger partial charge in [0.2, 0.25) is 0 Å². The van der Waals surface area contributed by atoms with Crippen LogP contribution in [0.1, 0.15) is 28.8 Å². The molecule has 0 aliphatic carbocycles. The number of carbonyl (C=O) groups is 1. The lowest BCUT2D eigenvalue weighted by atomic mass is 10.1. The van der Waals surface area contributed by atoms with Crippen molar-refractivity contribution in [2.45, 2.75) is 19.4 Å². The highest BCUT2D eigenvalue weighted by atomic mass is 16.4. The van der Waals surface area contributed by atoms with E-state index >= 15 is 0 Å². The van der Waals surface area contributed by atoms with Crippen LogP contribution in [-0.2, 0) is 6.54 Å². The smallest absolute Gasteiger partial charge is 0.105 e. The van der Waals surface area contributed by atoms with Crippen molar-refractivity contribution in [3.63, 3.8) is 0 Å². The first kappa shape index (κ1) is 11.3. The largest absolute Gasteiger partial charge is 0.545 e. The molecule has 94 valence electrons. The summed E-state index contributed by atoms with van der Waals surface area (Å²) in [5, 5.41) is 11.9. The first-order valence-electron chi connectivity index (χ1n) is 6.39. The van der Waals surface area contributed by atoms with Crippen LogP contribution in [0, 0.1) is 0 Å². The van der Waals surface area contributed by atoms with Crippen molar-refractivity contribution in [3.05, 3.63) is 35.5 Å². The van der Waals surface area contributed by atoms with Gasteiger partial charge < -0.3 is 19.8 Å². The lowest BCUT2D eigenvalue weighted by Crippen LogP contribution is -3.08. The van der Waals surface area contributed by atoms with Crippen molar-refractivity contribution < 1.29 is 14.8 Å². The number of H-pyrrole nitrogens is 1. The molecule has 1 aliphatic rings. The Bertz CT molecular complexity index is 582. The summed E-state index contributed by atoms with van der Waals surface area (Å²) in [6, 6.07) is 5.11. The van der Waals surface area contributed by atoms with Gasteiger partial charge in [-0.25, -0.2) is 0 Å². The van der Waals surface area contributed by atoms with Gasteiger partial charge in [-0.1, -0.05) is 6.07 Å². The SMILES string of the molecule is O=C([O-])c1ccc2[nH]cc(C[NH+]3CCCC3)c2c1. The fraction of sp³-hybridized carbons (Fsp3) is 0.357. The molecule has 4 heteroatoms. The highest BCUT2D eigenvalue weighted by Gasteiger charge is 2.17. The van der Waals surface area contributed by atoms with Crippen molar-refractivity contribution in [2.75, 3.05) is 13.1 Å². The van der Waals surface area contributed by atoms with Gasteiger partial charge in [0, 0.05) is 35.5 Å². The summed E-state index contributed by atoms with van der Waals surface area (Å²) in [6.45, 7) is 3.40. The van der Waals surface area contributed by atoms with Crippen molar-refractivity contribution in [3.8, 4) is 0 Å². The molecule has 2 heterocycles. The lowest BCUT2D eigenvalue weighted by molar-refractivity contribution is -0.901. The quantitative estimate of drug-likeness (QED) is 0.779. The van der Waals surface area contributed by atoms with E-state index in [1.165, 1.54) is 31.5 Å². The number of aromatic amines is 1. The number of rotatable bonds is 3. The van der Waals surface area contributed by atoms with Gasteiger partial charge in [0.25, 0.3) is 0 Å². The van der Waals surface area contributed by atoms with Gasteiger partial charge in [-0.05, 0) is 17.7 Å². The van der Waals surface area contributed by atoms with Crippen LogP contribution in [0.3, 0.4) is 0 Å². The highest BCUT2D eigenvalue weighted by molar-refractivity contribution is 5.93. The van der Waals surface area contributed by atoms with Crippen molar-refractivity contribution in [1.82, 2.24) is 4.98 Å². The van der Waals surface area contributed by atoms with Crippen LogP contribution in [0.5, 0.6) is 0 Å². The highest BCUT2D eigenvalue weighted by Crippen LogP contribution is 2.19. The second-order valence-corrected chi connectivity index (χ2v) is 5.00. The average molecular weight is 244 g/mol. The Hall–Kier alpha value is -1.81. The zero-order valence-electron chi connectivity index (χ0n) is 10.2. The second kappa shape index (κ2) is 4.46. The minimum Gasteiger partial charge on any atom is -0.545 e. The van der Waals surface area contributed by atoms with E-state index < -0.39 is 5.97 Å². The topological polar surface area (TPSA) is 60.4 Å². The van der Waals surface area contributed by atoms with Gasteiger partial charge >= 0.3 is 0 Å². The number of benzene rings is 1. The molecule has 1 fully saturated rings. The van der Waals surface area contributed by atoms with Crippen LogP contribution in [-0.4, -0.2) is 24.0 Å². The monoisotopic (exact) mass is 244 g/mol. The van der Waals surface area contributed by atoms with Crippen LogP contribution in [0.25, 0.3) is 10.9 Å². The molecule has 0 amide bonds. The van der Waals surface area contributed by atoms with Crippen molar-refractivity contribution in [1.29, 1.82) is 0 Å². The van der Waals surface area contributed by atoms with E-state index in [0.29, 0.717) is 0 Å². The molecule has 2 N–H and O–H groups in total. The third kappa shape index (κ3) is 1.99. The third-order valence-corrected chi connectivity index (χ3v) is 3.75. The number of fused-ring (bicyclic) bond motifs is 1. The number of carboxylic acid groups (broad SMARTS) is 1. The molecule has 4 nitrogen and oxygen atoms in total. The predicted molar refractivity (Wildman–Crippen MR) is 66.3 cm³/mol. The summed E-state index contributed by atoms with van der Waals surface area (Å²) < 4.78 is 0. The fourth-order valence-electron chi connectivity index (χ4n) is 2.77. The first-order valence-corrected chi connectivity index (χ1v) is 6.39. The number of hydrogen-bond donors (Lipinski definition) is 2. The molecule has 1 aromatic carbocycles. The standard InChI is InChI=1S/C14H16N2O2/c17-14(18)10-3-4-13-12(7-10)11(8-15-13)9-16-5-1-2-6-16/h3-4,7-8,15H,1-2,5-6,9H2,(H,17,18). The maximum absolute atomic E-state index is 10.9. The Kier molecular flexibility index (Phi) is 2.80. The molecule has 0 bridgehead atoms. The minimum absolute atomic E-state index is 0.250. The molecule has 18 heavy (non-hydrogen) atoms. The Morgan fingerprint density at radius 2 is 2.11 bits per heavy atom. The normalized spacial score (nSPS) is 16.4. The summed E-state index contributed by atoms with van der Waals surface area (Å²) in [5.74, 6) is -1.11. The van der Waals surface area contributed by atoms with E-state index in [2.05, 4.69) is 4.98 Å². The third-order valence-electron chi connectivity index (χ3n) is 3.75. The Morgan fingerprint density at radius 3 is 2.83 bits per heavy atom. The molecule has 0 radical (unpaired) electrons. The summed E-state index contributed by atoms with van der Waals surface area (Å²) in [5.41, 5.74) is 2.44. The summed E-state index contributed by atoms with van der Waals surface area (Å²) >= 11 is 0. The van der Waals surface area contributed by atoms with E-state index in [4.69, 9.17) is 0 Å². The number of hydrogen-bond acceptors (Lipinski definition) is 2. The first-order chi connectivity index (χ1) is 8.74. The van der Waals surface area contributed by atoms with Crippen molar-refractivity contribution in [2.24, 2.45) is 0 Å². The molecule has 3 rings (SSSR count). The Balaban J connectivity index is 1.95. The molecular formula is C14H16N2O2. The summed E-state index contributed by atoms with van der Waals surface area (Å²) in [6.07, 6.45) is 4.58. The van der Waals surface area contributed by atoms with Crippen LogP contribution < -0.4 is 10.0 Å². The average Bonchev–Trinajstić information content (AvgIpc) is 2.99. The van der Waals surface area contributed by atoms with Gasteiger partial charge in [0.1, 0.15) is 6.54 Å². The maximum atomic E-state index is 10.9. The molecular weight excluding hydrogens is 228 g/mol. The van der Waals surface area contributed by atoms with Crippen LogP contribution in [0.15, 0.2) is 24.4 Å². The fourth-order valence-corrected chi connectivity index (χ4v) is 2.77. The van der Waals surface area contributed by atoms with E-state index in [-0.39, 0.29) is 5.56 Å². The lowest BCUT2D eigenvalue weighted by Gasteiger charge is -2.11. The number of likely N-dealkylation sites (tertiary alicyclic amines) is 1. The number of carbonyl (C=O) groups excluding carboxylic acids is 1. The number of aromatic carboxylic acids is 1. The summed E-state index contributed by atoms with van der Waals surface area (Å²) in [7, 11) is 0. The molecule has 1 aliphatic heterocycles. The number of aromatic nitrogens is 1.